The van der Waals surface area contributed by atoms with Crippen molar-refractivity contribution in [2.45, 2.75) is 59.6 Å². The summed E-state index contributed by atoms with van der Waals surface area (Å²) in [6, 6.07) is 5.30. The standard InChI is InChI=1S/C22H31N5O4/c1-6-27-14(2)23-17-13-16(7-8-18(17)27)20(29)25-24-19(28)15-9-11-26(12-10-15)21(30)31-22(3,4)5/h7-8,13,15H,6,9-12H2,1-5H3,(H,24,28)(H,25,29). The number of rotatable bonds is 3. The SMILES string of the molecule is CCn1c(C)nc2cc(C(=O)NNC(=O)C3CCN(C(=O)OC(C)(C)C)CC3)ccc21. The van der Waals surface area contributed by atoms with Crippen LogP contribution in [0.5, 0.6) is 0 Å². The number of likely N-dealkylation sites (tertiary alicyclic amines) is 1. The smallest absolute Gasteiger partial charge is 0.410 e. The van der Waals surface area contributed by atoms with Crippen LogP contribution in [0.15, 0.2) is 18.2 Å². The quantitative estimate of drug-likeness (QED) is 0.730. The first-order chi connectivity index (χ1) is 14.6. The fourth-order valence-electron chi connectivity index (χ4n) is 3.73. The molecule has 31 heavy (non-hydrogen) atoms. The number of nitrogens with zero attached hydrogens (tertiary/aromatic N) is 3. The number of imidazole rings is 1. The summed E-state index contributed by atoms with van der Waals surface area (Å²) in [5.74, 6) is -0.0417. The number of aryl methyl sites for hydroxylation is 2. The molecular weight excluding hydrogens is 398 g/mol. The molecular formula is C22H31N5O4. The van der Waals surface area contributed by atoms with Crippen LogP contribution >= 0.6 is 0 Å². The maximum absolute atomic E-state index is 12.5. The van der Waals surface area contributed by atoms with Crippen LogP contribution in [-0.4, -0.2) is 51.0 Å². The fraction of sp³-hybridized carbons (Fsp3) is 0.545. The summed E-state index contributed by atoms with van der Waals surface area (Å²) in [6.07, 6.45) is 0.664. The van der Waals surface area contributed by atoms with Gasteiger partial charge < -0.3 is 14.2 Å². The number of hydrazine groups is 1. The molecule has 0 unspecified atom stereocenters. The van der Waals surface area contributed by atoms with E-state index in [2.05, 4.69) is 20.4 Å². The summed E-state index contributed by atoms with van der Waals surface area (Å²) >= 11 is 0. The minimum atomic E-state index is -0.550. The van der Waals surface area contributed by atoms with E-state index in [1.807, 2.05) is 40.7 Å². The van der Waals surface area contributed by atoms with E-state index in [1.54, 1.807) is 17.0 Å². The molecule has 0 saturated carbocycles. The number of carbonyl (C=O) groups is 3. The molecule has 9 nitrogen and oxygen atoms in total. The van der Waals surface area contributed by atoms with Gasteiger partial charge in [-0.2, -0.15) is 0 Å². The molecule has 0 atom stereocenters. The van der Waals surface area contributed by atoms with E-state index in [0.29, 0.717) is 31.5 Å². The second kappa shape index (κ2) is 8.95. The molecule has 0 spiro atoms. The Morgan fingerprint density at radius 2 is 1.84 bits per heavy atom. The summed E-state index contributed by atoms with van der Waals surface area (Å²) in [5.41, 5.74) is 6.58. The van der Waals surface area contributed by atoms with Crippen molar-refractivity contribution < 1.29 is 19.1 Å². The third-order valence-corrected chi connectivity index (χ3v) is 5.33. The average Bonchev–Trinajstić information content (AvgIpc) is 3.04. The zero-order valence-electron chi connectivity index (χ0n) is 18.8. The number of hydrogen-bond acceptors (Lipinski definition) is 5. The van der Waals surface area contributed by atoms with Crippen molar-refractivity contribution in [3.05, 3.63) is 29.6 Å². The van der Waals surface area contributed by atoms with Crippen LogP contribution in [0.1, 0.15) is 56.7 Å². The number of fused-ring (bicyclic) bond motifs is 1. The summed E-state index contributed by atoms with van der Waals surface area (Å²) in [7, 11) is 0. The van der Waals surface area contributed by atoms with Crippen molar-refractivity contribution in [3.8, 4) is 0 Å². The van der Waals surface area contributed by atoms with Crippen LogP contribution in [0.4, 0.5) is 4.79 Å². The summed E-state index contributed by atoms with van der Waals surface area (Å²) < 4.78 is 7.44. The van der Waals surface area contributed by atoms with Gasteiger partial charge in [0.05, 0.1) is 11.0 Å². The molecule has 3 rings (SSSR count). The molecule has 2 heterocycles. The molecule has 0 aliphatic carbocycles. The topological polar surface area (TPSA) is 106 Å². The van der Waals surface area contributed by atoms with Crippen LogP contribution in [0.2, 0.25) is 0 Å². The normalized spacial score (nSPS) is 15.1. The van der Waals surface area contributed by atoms with Gasteiger partial charge in [0.1, 0.15) is 11.4 Å². The number of carbonyl (C=O) groups excluding carboxylic acids is 3. The van der Waals surface area contributed by atoms with Crippen molar-refractivity contribution in [1.29, 1.82) is 0 Å². The zero-order chi connectivity index (χ0) is 22.8. The van der Waals surface area contributed by atoms with E-state index in [-0.39, 0.29) is 17.9 Å². The third-order valence-electron chi connectivity index (χ3n) is 5.33. The van der Waals surface area contributed by atoms with Crippen LogP contribution in [0.3, 0.4) is 0 Å². The van der Waals surface area contributed by atoms with Gasteiger partial charge in [-0.15, -0.1) is 0 Å². The van der Waals surface area contributed by atoms with E-state index in [1.165, 1.54) is 0 Å². The average molecular weight is 430 g/mol. The largest absolute Gasteiger partial charge is 0.444 e. The lowest BCUT2D eigenvalue weighted by Crippen LogP contribution is -2.48. The minimum Gasteiger partial charge on any atom is -0.444 e. The highest BCUT2D eigenvalue weighted by Gasteiger charge is 2.30. The number of amides is 3. The number of ether oxygens (including phenoxy) is 1. The Labute approximate surface area is 182 Å². The maximum Gasteiger partial charge on any atom is 0.410 e. The second-order valence-electron chi connectivity index (χ2n) is 8.79. The molecule has 0 bridgehead atoms. The highest BCUT2D eigenvalue weighted by Crippen LogP contribution is 2.20. The predicted octanol–water partition coefficient (Wildman–Crippen LogP) is 2.77. The van der Waals surface area contributed by atoms with Crippen molar-refractivity contribution in [2.75, 3.05) is 13.1 Å². The number of aromatic nitrogens is 2. The lowest BCUT2D eigenvalue weighted by Gasteiger charge is -2.32. The van der Waals surface area contributed by atoms with E-state index >= 15 is 0 Å². The zero-order valence-corrected chi connectivity index (χ0v) is 18.8. The van der Waals surface area contributed by atoms with Gasteiger partial charge in [-0.1, -0.05) is 0 Å². The Hall–Kier alpha value is -3.10. The molecule has 2 N–H and O–H groups in total. The van der Waals surface area contributed by atoms with Gasteiger partial charge in [-0.05, 0) is 65.7 Å². The van der Waals surface area contributed by atoms with Gasteiger partial charge in [-0.25, -0.2) is 9.78 Å². The lowest BCUT2D eigenvalue weighted by molar-refractivity contribution is -0.127. The highest BCUT2D eigenvalue weighted by molar-refractivity contribution is 5.98. The Kier molecular flexibility index (Phi) is 6.52. The number of benzene rings is 1. The number of hydrogen-bond donors (Lipinski definition) is 2. The molecule has 2 aromatic rings. The van der Waals surface area contributed by atoms with Crippen molar-refractivity contribution >= 4 is 28.9 Å². The lowest BCUT2D eigenvalue weighted by atomic mass is 9.96. The van der Waals surface area contributed by atoms with E-state index in [4.69, 9.17) is 4.74 Å². The Bertz CT molecular complexity index is 984. The molecule has 0 radical (unpaired) electrons. The predicted molar refractivity (Wildman–Crippen MR) is 116 cm³/mol. The van der Waals surface area contributed by atoms with Crippen LogP contribution in [-0.2, 0) is 16.1 Å². The van der Waals surface area contributed by atoms with Crippen LogP contribution in [0.25, 0.3) is 11.0 Å². The van der Waals surface area contributed by atoms with Crippen LogP contribution in [0, 0.1) is 12.8 Å². The molecule has 1 aromatic carbocycles. The maximum atomic E-state index is 12.5. The van der Waals surface area contributed by atoms with Gasteiger partial charge in [0.2, 0.25) is 5.91 Å². The second-order valence-corrected chi connectivity index (χ2v) is 8.79. The molecule has 1 aliphatic heterocycles. The molecule has 168 valence electrons. The van der Waals surface area contributed by atoms with Gasteiger partial charge in [0.25, 0.3) is 5.91 Å². The molecule has 1 aliphatic rings. The Balaban J connectivity index is 1.51. The molecule has 1 saturated heterocycles. The van der Waals surface area contributed by atoms with Crippen molar-refractivity contribution in [1.82, 2.24) is 25.3 Å². The highest BCUT2D eigenvalue weighted by atomic mass is 16.6. The first-order valence-electron chi connectivity index (χ1n) is 10.6. The van der Waals surface area contributed by atoms with Gasteiger partial charge >= 0.3 is 6.09 Å². The third kappa shape index (κ3) is 5.34. The molecule has 1 fully saturated rings. The number of nitrogens with one attached hydrogen (secondary N) is 2. The molecule has 1 aromatic heterocycles. The van der Waals surface area contributed by atoms with Crippen LogP contribution < -0.4 is 10.9 Å². The molecule has 3 amide bonds. The first-order valence-corrected chi connectivity index (χ1v) is 10.6. The fourth-order valence-corrected chi connectivity index (χ4v) is 3.73. The monoisotopic (exact) mass is 429 g/mol. The Morgan fingerprint density at radius 1 is 1.16 bits per heavy atom. The minimum absolute atomic E-state index is 0.260. The Morgan fingerprint density at radius 3 is 2.45 bits per heavy atom. The van der Waals surface area contributed by atoms with Gasteiger partial charge in [0.15, 0.2) is 0 Å². The summed E-state index contributed by atoms with van der Waals surface area (Å²) in [5, 5.41) is 0. The summed E-state index contributed by atoms with van der Waals surface area (Å²) in [6.45, 7) is 11.1. The van der Waals surface area contributed by atoms with E-state index < -0.39 is 11.5 Å². The van der Waals surface area contributed by atoms with E-state index in [0.717, 1.165) is 23.4 Å². The van der Waals surface area contributed by atoms with Gasteiger partial charge in [0, 0.05) is 31.1 Å². The van der Waals surface area contributed by atoms with Crippen molar-refractivity contribution in [2.24, 2.45) is 5.92 Å². The number of piperidine rings is 1. The van der Waals surface area contributed by atoms with Crippen molar-refractivity contribution in [3.63, 3.8) is 0 Å². The van der Waals surface area contributed by atoms with Gasteiger partial charge in [-0.3, -0.25) is 20.4 Å². The first kappa shape index (κ1) is 22.6. The summed E-state index contributed by atoms with van der Waals surface area (Å²) in [4.78, 5) is 43.2. The van der Waals surface area contributed by atoms with E-state index in [9.17, 15) is 14.4 Å². The molecule has 9 heteroatoms.